The summed E-state index contributed by atoms with van der Waals surface area (Å²) in [4.78, 5) is 13.4. The van der Waals surface area contributed by atoms with Crippen molar-refractivity contribution in [3.8, 4) is 10.6 Å². The second-order valence-electron chi connectivity index (χ2n) is 5.91. The molecule has 120 valence electrons. The lowest BCUT2D eigenvalue weighted by molar-refractivity contribution is -0.110. The molecule has 0 spiro atoms. The van der Waals surface area contributed by atoms with Crippen molar-refractivity contribution in [2.24, 2.45) is 0 Å². The van der Waals surface area contributed by atoms with Gasteiger partial charge in [0.15, 0.2) is 0 Å². The smallest absolute Gasteiger partial charge is 0.256 e. The predicted molar refractivity (Wildman–Crippen MR) is 102 cm³/mol. The molecule has 0 saturated carbocycles. The van der Waals surface area contributed by atoms with E-state index >= 15 is 0 Å². The number of carbonyl (C=O) groups is 1. The first kappa shape index (κ1) is 14.2. The Morgan fingerprint density at radius 3 is 2.84 bits per heavy atom. The summed E-state index contributed by atoms with van der Waals surface area (Å²) in [5, 5.41) is 13.6. The second-order valence-corrected chi connectivity index (χ2v) is 6.86. The van der Waals surface area contributed by atoms with Crippen LogP contribution in [-0.2, 0) is 4.79 Å². The van der Waals surface area contributed by atoms with E-state index in [9.17, 15) is 4.79 Å². The first-order valence-corrected chi connectivity index (χ1v) is 8.82. The van der Waals surface area contributed by atoms with E-state index in [1.807, 2.05) is 53.9 Å². The fraction of sp³-hybridized carbons (Fsp3) is 0. The SMILES string of the molecule is O=C1Nc2ccccc2C1=Cc1ccc2c(-c3cccs3)n[nH]c2c1. The maximum absolute atomic E-state index is 12.3. The fourth-order valence-corrected chi connectivity index (χ4v) is 3.91. The summed E-state index contributed by atoms with van der Waals surface area (Å²) in [6.45, 7) is 0. The van der Waals surface area contributed by atoms with Gasteiger partial charge in [0.25, 0.3) is 5.91 Å². The number of para-hydroxylation sites is 1. The van der Waals surface area contributed by atoms with Gasteiger partial charge in [-0.25, -0.2) is 0 Å². The molecule has 4 aromatic rings. The molecule has 3 heterocycles. The lowest BCUT2D eigenvalue weighted by Gasteiger charge is -1.99. The molecule has 5 rings (SSSR count). The molecule has 2 aromatic carbocycles. The second kappa shape index (κ2) is 5.43. The molecule has 1 aliphatic rings. The molecular weight excluding hydrogens is 330 g/mol. The standard InChI is InChI=1S/C20H13N3OS/c24-20-15(13-4-1-2-5-16(13)21-20)10-12-7-8-14-17(11-12)22-23-19(14)18-6-3-9-25-18/h1-11H,(H,21,24)(H,22,23). The van der Waals surface area contributed by atoms with Gasteiger partial charge in [0.2, 0.25) is 0 Å². The summed E-state index contributed by atoms with van der Waals surface area (Å²) < 4.78 is 0. The first-order valence-electron chi connectivity index (χ1n) is 7.94. The number of carbonyl (C=O) groups excluding carboxylic acids is 1. The lowest BCUT2D eigenvalue weighted by atomic mass is 10.0. The summed E-state index contributed by atoms with van der Waals surface area (Å²) in [5.74, 6) is -0.0646. The number of rotatable bonds is 2. The van der Waals surface area contributed by atoms with E-state index < -0.39 is 0 Å². The fourth-order valence-electron chi connectivity index (χ4n) is 3.18. The molecule has 2 N–H and O–H groups in total. The molecule has 0 fully saturated rings. The highest BCUT2D eigenvalue weighted by Crippen LogP contribution is 2.34. The number of aromatic nitrogens is 2. The Morgan fingerprint density at radius 2 is 1.96 bits per heavy atom. The zero-order chi connectivity index (χ0) is 16.8. The van der Waals surface area contributed by atoms with E-state index in [-0.39, 0.29) is 5.91 Å². The lowest BCUT2D eigenvalue weighted by Crippen LogP contribution is -2.03. The van der Waals surface area contributed by atoms with Crippen molar-refractivity contribution in [3.05, 3.63) is 71.1 Å². The van der Waals surface area contributed by atoms with Gasteiger partial charge in [-0.1, -0.05) is 30.3 Å². The van der Waals surface area contributed by atoms with E-state index in [1.54, 1.807) is 11.3 Å². The van der Waals surface area contributed by atoms with Gasteiger partial charge in [-0.15, -0.1) is 11.3 Å². The van der Waals surface area contributed by atoms with Gasteiger partial charge < -0.3 is 5.32 Å². The Bertz CT molecular complexity index is 1140. The minimum atomic E-state index is -0.0646. The van der Waals surface area contributed by atoms with Crippen LogP contribution in [0.15, 0.2) is 60.0 Å². The predicted octanol–water partition coefficient (Wildman–Crippen LogP) is 4.78. The van der Waals surface area contributed by atoms with Gasteiger partial charge in [-0.3, -0.25) is 9.89 Å². The third-order valence-corrected chi connectivity index (χ3v) is 5.24. The number of amides is 1. The van der Waals surface area contributed by atoms with Crippen LogP contribution in [-0.4, -0.2) is 16.1 Å². The van der Waals surface area contributed by atoms with Crippen molar-refractivity contribution >= 4 is 45.5 Å². The van der Waals surface area contributed by atoms with Crippen LogP contribution < -0.4 is 5.32 Å². The van der Waals surface area contributed by atoms with Gasteiger partial charge in [0.05, 0.1) is 10.4 Å². The zero-order valence-corrected chi connectivity index (χ0v) is 13.9. The molecule has 0 bridgehead atoms. The minimum absolute atomic E-state index is 0.0646. The number of anilines is 1. The number of thiophene rings is 1. The van der Waals surface area contributed by atoms with E-state index in [0.29, 0.717) is 5.57 Å². The molecule has 2 aromatic heterocycles. The van der Waals surface area contributed by atoms with Crippen LogP contribution in [0.4, 0.5) is 5.69 Å². The Labute approximate surface area is 147 Å². The zero-order valence-electron chi connectivity index (χ0n) is 13.1. The molecule has 0 atom stereocenters. The monoisotopic (exact) mass is 343 g/mol. The largest absolute Gasteiger partial charge is 0.321 e. The number of fused-ring (bicyclic) bond motifs is 2. The molecule has 25 heavy (non-hydrogen) atoms. The number of hydrogen-bond acceptors (Lipinski definition) is 3. The maximum atomic E-state index is 12.3. The van der Waals surface area contributed by atoms with Crippen molar-refractivity contribution in [1.29, 1.82) is 0 Å². The third kappa shape index (κ3) is 2.28. The Hall–Kier alpha value is -3.18. The Morgan fingerprint density at radius 1 is 1.04 bits per heavy atom. The molecule has 0 radical (unpaired) electrons. The molecule has 1 amide bonds. The molecule has 4 nitrogen and oxygen atoms in total. The topological polar surface area (TPSA) is 57.8 Å². The highest BCUT2D eigenvalue weighted by atomic mass is 32.1. The number of H-pyrrole nitrogens is 1. The first-order chi connectivity index (χ1) is 12.3. The molecular formula is C20H13N3OS. The number of nitrogens with zero attached hydrogens (tertiary/aromatic N) is 1. The number of benzene rings is 2. The van der Waals surface area contributed by atoms with Crippen molar-refractivity contribution in [3.63, 3.8) is 0 Å². The van der Waals surface area contributed by atoms with E-state index in [2.05, 4.69) is 27.6 Å². The normalized spacial score (nSPS) is 14.9. The quantitative estimate of drug-likeness (QED) is 0.514. The van der Waals surface area contributed by atoms with Crippen LogP contribution in [0.25, 0.3) is 33.1 Å². The van der Waals surface area contributed by atoms with E-state index in [0.717, 1.165) is 38.3 Å². The van der Waals surface area contributed by atoms with Crippen molar-refractivity contribution < 1.29 is 4.79 Å². The maximum Gasteiger partial charge on any atom is 0.256 e. The summed E-state index contributed by atoms with van der Waals surface area (Å²) >= 11 is 1.67. The van der Waals surface area contributed by atoms with Crippen molar-refractivity contribution in [2.45, 2.75) is 0 Å². The third-order valence-electron chi connectivity index (χ3n) is 4.36. The van der Waals surface area contributed by atoms with Crippen molar-refractivity contribution in [1.82, 2.24) is 10.2 Å². The van der Waals surface area contributed by atoms with Gasteiger partial charge in [-0.05, 0) is 41.3 Å². The van der Waals surface area contributed by atoms with Crippen LogP contribution in [0.3, 0.4) is 0 Å². The number of hydrogen-bond donors (Lipinski definition) is 2. The van der Waals surface area contributed by atoms with Gasteiger partial charge in [0.1, 0.15) is 5.69 Å². The summed E-state index contributed by atoms with van der Waals surface area (Å²) in [6.07, 6.45) is 1.92. The Kier molecular flexibility index (Phi) is 3.08. The van der Waals surface area contributed by atoms with E-state index in [4.69, 9.17) is 0 Å². The Balaban J connectivity index is 1.60. The van der Waals surface area contributed by atoms with Crippen LogP contribution in [0.5, 0.6) is 0 Å². The molecule has 5 heteroatoms. The van der Waals surface area contributed by atoms with Crippen LogP contribution in [0.2, 0.25) is 0 Å². The van der Waals surface area contributed by atoms with Crippen LogP contribution >= 0.6 is 11.3 Å². The van der Waals surface area contributed by atoms with Crippen LogP contribution in [0, 0.1) is 0 Å². The van der Waals surface area contributed by atoms with Gasteiger partial charge in [-0.2, -0.15) is 5.10 Å². The molecule has 0 aliphatic carbocycles. The highest BCUT2D eigenvalue weighted by molar-refractivity contribution is 7.13. The van der Waals surface area contributed by atoms with Gasteiger partial charge in [0, 0.05) is 22.2 Å². The van der Waals surface area contributed by atoms with Crippen molar-refractivity contribution in [2.75, 3.05) is 5.32 Å². The van der Waals surface area contributed by atoms with E-state index in [1.165, 1.54) is 0 Å². The molecule has 0 unspecified atom stereocenters. The van der Waals surface area contributed by atoms with Crippen LogP contribution in [0.1, 0.15) is 11.1 Å². The summed E-state index contributed by atoms with van der Waals surface area (Å²) in [6, 6.07) is 17.9. The van der Waals surface area contributed by atoms with Gasteiger partial charge >= 0.3 is 0 Å². The highest BCUT2D eigenvalue weighted by Gasteiger charge is 2.23. The summed E-state index contributed by atoms with van der Waals surface area (Å²) in [5.41, 5.74) is 5.39. The molecule has 1 aliphatic heterocycles. The minimum Gasteiger partial charge on any atom is -0.321 e. The number of nitrogens with one attached hydrogen (secondary N) is 2. The average molecular weight is 343 g/mol. The number of aromatic amines is 1. The summed E-state index contributed by atoms with van der Waals surface area (Å²) in [7, 11) is 0. The average Bonchev–Trinajstić information content (AvgIpc) is 3.34. The molecule has 0 saturated heterocycles.